The zero-order chi connectivity index (χ0) is 16.2. The molecule has 22 heavy (non-hydrogen) atoms. The molecule has 2 N–H and O–H groups in total. The number of nitrogens with one attached hydrogen (secondary N) is 2. The highest BCUT2D eigenvalue weighted by molar-refractivity contribution is 5.68. The van der Waals surface area contributed by atoms with E-state index in [0.717, 1.165) is 24.9 Å². The van der Waals surface area contributed by atoms with Crippen molar-refractivity contribution in [3.05, 3.63) is 0 Å². The maximum absolute atomic E-state index is 11.9. The summed E-state index contributed by atoms with van der Waals surface area (Å²) in [4.78, 5) is 11.9. The van der Waals surface area contributed by atoms with Gasteiger partial charge in [0.2, 0.25) is 0 Å². The Balaban J connectivity index is 1.67. The van der Waals surface area contributed by atoms with E-state index in [1.807, 2.05) is 20.8 Å². The lowest BCUT2D eigenvalue weighted by molar-refractivity contribution is 0.0497. The molecule has 1 amide bonds. The van der Waals surface area contributed by atoms with Gasteiger partial charge in [-0.15, -0.1) is 0 Å². The maximum Gasteiger partial charge on any atom is 0.407 e. The van der Waals surface area contributed by atoms with Crippen LogP contribution < -0.4 is 10.6 Å². The number of rotatable bonds is 6. The SMILES string of the molecule is CC1CCC(CNCC(NC(=O)OC(C)(C)C)C2CC2)CC1. The van der Waals surface area contributed by atoms with Crippen molar-refractivity contribution in [2.75, 3.05) is 13.1 Å². The van der Waals surface area contributed by atoms with E-state index < -0.39 is 5.60 Å². The molecule has 2 rings (SSSR count). The van der Waals surface area contributed by atoms with Crippen molar-refractivity contribution in [2.45, 2.75) is 77.9 Å². The van der Waals surface area contributed by atoms with Gasteiger partial charge in [0.15, 0.2) is 0 Å². The number of ether oxygens (including phenoxy) is 1. The van der Waals surface area contributed by atoms with Crippen LogP contribution >= 0.6 is 0 Å². The highest BCUT2D eigenvalue weighted by atomic mass is 16.6. The van der Waals surface area contributed by atoms with Gasteiger partial charge in [-0.2, -0.15) is 0 Å². The van der Waals surface area contributed by atoms with Crippen LogP contribution in [0.1, 0.15) is 66.2 Å². The summed E-state index contributed by atoms with van der Waals surface area (Å²) in [5.41, 5.74) is -0.426. The normalized spacial score (nSPS) is 27.3. The molecule has 2 fully saturated rings. The maximum atomic E-state index is 11.9. The van der Waals surface area contributed by atoms with Gasteiger partial charge in [-0.1, -0.05) is 19.8 Å². The van der Waals surface area contributed by atoms with E-state index in [1.165, 1.54) is 38.5 Å². The number of hydrogen-bond acceptors (Lipinski definition) is 3. The molecule has 2 aliphatic carbocycles. The van der Waals surface area contributed by atoms with E-state index in [1.54, 1.807) is 0 Å². The van der Waals surface area contributed by atoms with Crippen LogP contribution in [0.4, 0.5) is 4.79 Å². The molecular formula is C18H34N2O2. The quantitative estimate of drug-likeness (QED) is 0.786. The van der Waals surface area contributed by atoms with Gasteiger partial charge >= 0.3 is 6.09 Å². The fourth-order valence-corrected chi connectivity index (χ4v) is 3.27. The van der Waals surface area contributed by atoms with Crippen LogP contribution in [0.25, 0.3) is 0 Å². The lowest BCUT2D eigenvalue weighted by atomic mass is 9.83. The molecule has 0 aromatic carbocycles. The van der Waals surface area contributed by atoms with Gasteiger partial charge in [0.25, 0.3) is 0 Å². The molecule has 2 saturated carbocycles. The minimum atomic E-state index is -0.426. The van der Waals surface area contributed by atoms with Gasteiger partial charge in [-0.3, -0.25) is 0 Å². The van der Waals surface area contributed by atoms with Crippen LogP contribution in [0.5, 0.6) is 0 Å². The predicted octanol–water partition coefficient (Wildman–Crippen LogP) is 3.71. The van der Waals surface area contributed by atoms with Gasteiger partial charge in [0.1, 0.15) is 5.60 Å². The summed E-state index contributed by atoms with van der Waals surface area (Å²) in [7, 11) is 0. The molecule has 0 aromatic rings. The largest absolute Gasteiger partial charge is 0.444 e. The van der Waals surface area contributed by atoms with Crippen LogP contribution in [0, 0.1) is 17.8 Å². The molecule has 1 unspecified atom stereocenters. The molecule has 0 aromatic heterocycles. The second-order valence-electron chi connectivity index (χ2n) is 8.37. The summed E-state index contributed by atoms with van der Waals surface area (Å²) in [5.74, 6) is 2.35. The summed E-state index contributed by atoms with van der Waals surface area (Å²) in [5, 5.41) is 6.65. The first kappa shape index (κ1) is 17.6. The number of carbonyl (C=O) groups is 1. The van der Waals surface area contributed by atoms with Crippen LogP contribution in [0.15, 0.2) is 0 Å². The van der Waals surface area contributed by atoms with Crippen molar-refractivity contribution in [1.82, 2.24) is 10.6 Å². The molecule has 128 valence electrons. The van der Waals surface area contributed by atoms with Gasteiger partial charge in [-0.05, 0) is 70.8 Å². The van der Waals surface area contributed by atoms with Crippen molar-refractivity contribution >= 4 is 6.09 Å². The summed E-state index contributed by atoms with van der Waals surface area (Å²) in [6, 6.07) is 0.220. The average molecular weight is 310 g/mol. The van der Waals surface area contributed by atoms with Gasteiger partial charge in [-0.25, -0.2) is 4.79 Å². The highest BCUT2D eigenvalue weighted by Crippen LogP contribution is 2.33. The Bertz CT molecular complexity index is 353. The minimum Gasteiger partial charge on any atom is -0.444 e. The molecule has 2 aliphatic rings. The summed E-state index contributed by atoms with van der Waals surface area (Å²) >= 11 is 0. The highest BCUT2D eigenvalue weighted by Gasteiger charge is 2.33. The summed E-state index contributed by atoms with van der Waals surface area (Å²) < 4.78 is 5.38. The Morgan fingerprint density at radius 1 is 1.14 bits per heavy atom. The van der Waals surface area contributed by atoms with Gasteiger partial charge in [0, 0.05) is 12.6 Å². The number of carbonyl (C=O) groups excluding carboxylic acids is 1. The fourth-order valence-electron chi connectivity index (χ4n) is 3.27. The predicted molar refractivity (Wildman–Crippen MR) is 89.9 cm³/mol. The van der Waals surface area contributed by atoms with Crippen LogP contribution in [-0.4, -0.2) is 30.8 Å². The molecule has 0 spiro atoms. The van der Waals surface area contributed by atoms with E-state index in [-0.39, 0.29) is 12.1 Å². The monoisotopic (exact) mass is 310 g/mol. The minimum absolute atomic E-state index is 0.220. The molecule has 4 heteroatoms. The Hall–Kier alpha value is -0.770. The lowest BCUT2D eigenvalue weighted by Gasteiger charge is -2.28. The molecule has 0 heterocycles. The Labute approximate surface area is 135 Å². The van der Waals surface area contributed by atoms with Crippen molar-refractivity contribution in [2.24, 2.45) is 17.8 Å². The topological polar surface area (TPSA) is 50.4 Å². The smallest absolute Gasteiger partial charge is 0.407 e. The number of hydrogen-bond donors (Lipinski definition) is 2. The van der Waals surface area contributed by atoms with Gasteiger partial charge < -0.3 is 15.4 Å². The second kappa shape index (κ2) is 7.67. The van der Waals surface area contributed by atoms with Crippen molar-refractivity contribution in [1.29, 1.82) is 0 Å². The van der Waals surface area contributed by atoms with Crippen LogP contribution in [-0.2, 0) is 4.74 Å². The molecule has 0 saturated heterocycles. The molecule has 1 atom stereocenters. The fraction of sp³-hybridized carbons (Fsp3) is 0.944. The molecule has 0 radical (unpaired) electrons. The average Bonchev–Trinajstić information content (AvgIpc) is 3.22. The Morgan fingerprint density at radius 2 is 1.77 bits per heavy atom. The van der Waals surface area contributed by atoms with E-state index in [2.05, 4.69) is 17.6 Å². The third-order valence-corrected chi connectivity index (χ3v) is 4.83. The van der Waals surface area contributed by atoms with Crippen LogP contribution in [0.2, 0.25) is 0 Å². The van der Waals surface area contributed by atoms with Crippen LogP contribution in [0.3, 0.4) is 0 Å². The second-order valence-corrected chi connectivity index (χ2v) is 8.37. The van der Waals surface area contributed by atoms with Crippen molar-refractivity contribution < 1.29 is 9.53 Å². The van der Waals surface area contributed by atoms with Crippen molar-refractivity contribution in [3.8, 4) is 0 Å². The Morgan fingerprint density at radius 3 is 2.32 bits per heavy atom. The van der Waals surface area contributed by atoms with E-state index in [4.69, 9.17) is 4.74 Å². The Kier molecular flexibility index (Phi) is 6.13. The standard InChI is InChI=1S/C18H34N2O2/c1-13-5-7-14(8-6-13)11-19-12-16(15-9-10-15)20-17(21)22-18(2,3)4/h13-16,19H,5-12H2,1-4H3,(H,20,21). The zero-order valence-corrected chi connectivity index (χ0v) is 14.8. The molecule has 0 aliphatic heterocycles. The first-order valence-electron chi connectivity index (χ1n) is 9.03. The summed E-state index contributed by atoms with van der Waals surface area (Å²) in [6.45, 7) is 10.0. The van der Waals surface area contributed by atoms with E-state index in [0.29, 0.717) is 5.92 Å². The third-order valence-electron chi connectivity index (χ3n) is 4.83. The molecule has 4 nitrogen and oxygen atoms in total. The van der Waals surface area contributed by atoms with E-state index in [9.17, 15) is 4.79 Å². The van der Waals surface area contributed by atoms with Crippen molar-refractivity contribution in [3.63, 3.8) is 0 Å². The lowest BCUT2D eigenvalue weighted by Crippen LogP contribution is -2.46. The molecular weight excluding hydrogens is 276 g/mol. The molecule has 0 bridgehead atoms. The van der Waals surface area contributed by atoms with Gasteiger partial charge in [0.05, 0.1) is 0 Å². The first-order valence-corrected chi connectivity index (χ1v) is 9.03. The zero-order valence-electron chi connectivity index (χ0n) is 14.8. The summed E-state index contributed by atoms with van der Waals surface area (Å²) in [6.07, 6.45) is 7.61. The number of alkyl carbamates (subject to hydrolysis) is 1. The van der Waals surface area contributed by atoms with E-state index >= 15 is 0 Å². The number of amides is 1. The third kappa shape index (κ3) is 6.55. The first-order chi connectivity index (χ1) is 10.3.